The fourth-order valence-electron chi connectivity index (χ4n) is 1.77. The predicted molar refractivity (Wildman–Crippen MR) is 56.7 cm³/mol. The van der Waals surface area contributed by atoms with Crippen LogP contribution < -0.4 is 0 Å². The fourth-order valence-corrected chi connectivity index (χ4v) is 1.77. The average molecular weight is 267 g/mol. The minimum atomic E-state index is -4.27. The van der Waals surface area contributed by atoms with Crippen LogP contribution in [0.15, 0.2) is 0 Å². The molecule has 0 aliphatic carbocycles. The summed E-state index contributed by atoms with van der Waals surface area (Å²) >= 11 is 0. The number of hydrogen-bond acceptors (Lipinski definition) is 3. The van der Waals surface area contributed by atoms with E-state index in [1.165, 1.54) is 0 Å². The molecule has 0 unspecified atom stereocenters. The molecule has 1 aliphatic rings. The molecule has 1 aliphatic heterocycles. The highest BCUT2D eigenvalue weighted by molar-refractivity contribution is 5.93. The Morgan fingerprint density at radius 2 is 2.11 bits per heavy atom. The van der Waals surface area contributed by atoms with Gasteiger partial charge in [-0.1, -0.05) is 13.8 Å². The van der Waals surface area contributed by atoms with Crippen molar-refractivity contribution < 1.29 is 27.5 Å². The Bertz CT molecular complexity index is 328. The molecule has 0 aromatic carbocycles. The highest BCUT2D eigenvalue weighted by Gasteiger charge is 2.39. The molecule has 0 spiro atoms. The molecule has 1 heterocycles. The summed E-state index contributed by atoms with van der Waals surface area (Å²) in [5, 5.41) is 0. The zero-order valence-corrected chi connectivity index (χ0v) is 10.3. The van der Waals surface area contributed by atoms with E-state index in [-0.39, 0.29) is 31.4 Å². The highest BCUT2D eigenvalue weighted by atomic mass is 19.4. The van der Waals surface area contributed by atoms with Gasteiger partial charge in [0.2, 0.25) is 5.91 Å². The number of imide groups is 1. The summed E-state index contributed by atoms with van der Waals surface area (Å²) in [6.07, 6.45) is -6.66. The van der Waals surface area contributed by atoms with Gasteiger partial charge in [0.25, 0.3) is 0 Å². The summed E-state index contributed by atoms with van der Waals surface area (Å²) < 4.78 is 40.6. The number of ether oxygens (including phenoxy) is 1. The maximum absolute atomic E-state index is 11.9. The molecule has 1 atom stereocenters. The fraction of sp³-hybridized carbons (Fsp3) is 0.818. The van der Waals surface area contributed by atoms with Gasteiger partial charge in [-0.2, -0.15) is 13.2 Å². The SMILES string of the molecule is CC(C)[C@H]1COC(=O)N1C(=O)CCCC(F)(F)F. The molecule has 0 saturated carbocycles. The first kappa shape index (κ1) is 14.8. The van der Waals surface area contributed by atoms with Crippen LogP contribution in [0.5, 0.6) is 0 Å². The van der Waals surface area contributed by atoms with Crippen LogP contribution in [0.3, 0.4) is 0 Å². The first-order valence-corrected chi connectivity index (χ1v) is 5.78. The molecule has 104 valence electrons. The van der Waals surface area contributed by atoms with Crippen molar-refractivity contribution in [2.45, 2.75) is 45.3 Å². The number of halogens is 3. The lowest BCUT2D eigenvalue weighted by atomic mass is 10.0. The molecule has 7 heteroatoms. The number of cyclic esters (lactones) is 1. The third-order valence-electron chi connectivity index (χ3n) is 2.80. The Morgan fingerprint density at radius 1 is 1.50 bits per heavy atom. The summed E-state index contributed by atoms with van der Waals surface area (Å²) in [7, 11) is 0. The van der Waals surface area contributed by atoms with Crippen molar-refractivity contribution in [3.63, 3.8) is 0 Å². The molecule has 18 heavy (non-hydrogen) atoms. The van der Waals surface area contributed by atoms with Gasteiger partial charge in [-0.15, -0.1) is 0 Å². The van der Waals surface area contributed by atoms with Crippen LogP contribution in [0.2, 0.25) is 0 Å². The maximum atomic E-state index is 11.9. The molecular weight excluding hydrogens is 251 g/mol. The summed E-state index contributed by atoms with van der Waals surface area (Å²) in [5.41, 5.74) is 0. The molecule has 0 bridgehead atoms. The lowest BCUT2D eigenvalue weighted by molar-refractivity contribution is -0.139. The van der Waals surface area contributed by atoms with Crippen LogP contribution in [-0.2, 0) is 9.53 Å². The molecular formula is C11H16F3NO3. The first-order chi connectivity index (χ1) is 8.22. The number of amides is 2. The Labute approximate surface area is 103 Å². The van der Waals surface area contributed by atoms with Crippen LogP contribution in [-0.4, -0.2) is 35.7 Å². The highest BCUT2D eigenvalue weighted by Crippen LogP contribution is 2.24. The van der Waals surface area contributed by atoms with Crippen molar-refractivity contribution in [3.05, 3.63) is 0 Å². The van der Waals surface area contributed by atoms with Gasteiger partial charge in [0.15, 0.2) is 0 Å². The predicted octanol–water partition coefficient (Wildman–Crippen LogP) is 2.72. The van der Waals surface area contributed by atoms with Gasteiger partial charge in [0.05, 0.1) is 6.04 Å². The molecule has 0 radical (unpaired) electrons. The second-order valence-corrected chi connectivity index (χ2v) is 4.62. The van der Waals surface area contributed by atoms with Gasteiger partial charge < -0.3 is 4.74 Å². The Morgan fingerprint density at radius 3 is 2.61 bits per heavy atom. The Hall–Kier alpha value is -1.27. The summed E-state index contributed by atoms with van der Waals surface area (Å²) in [5.74, 6) is -0.580. The normalized spacial score (nSPS) is 20.4. The number of rotatable bonds is 4. The lowest BCUT2D eigenvalue weighted by Crippen LogP contribution is -2.41. The minimum Gasteiger partial charge on any atom is -0.447 e. The van der Waals surface area contributed by atoms with Gasteiger partial charge >= 0.3 is 12.3 Å². The Balaban J connectivity index is 2.52. The van der Waals surface area contributed by atoms with Crippen LogP contribution in [0.25, 0.3) is 0 Å². The number of alkyl halides is 3. The van der Waals surface area contributed by atoms with Gasteiger partial charge in [-0.05, 0) is 12.3 Å². The van der Waals surface area contributed by atoms with Crippen molar-refractivity contribution in [1.82, 2.24) is 4.90 Å². The van der Waals surface area contributed by atoms with E-state index >= 15 is 0 Å². The summed E-state index contributed by atoms with van der Waals surface area (Å²) in [4.78, 5) is 24.0. The van der Waals surface area contributed by atoms with Crippen molar-refractivity contribution in [3.8, 4) is 0 Å². The van der Waals surface area contributed by atoms with E-state index in [4.69, 9.17) is 4.74 Å². The smallest absolute Gasteiger partial charge is 0.416 e. The van der Waals surface area contributed by atoms with E-state index in [0.717, 1.165) is 4.90 Å². The average Bonchev–Trinajstić information content (AvgIpc) is 2.58. The molecule has 2 amide bonds. The molecule has 4 nitrogen and oxygen atoms in total. The largest absolute Gasteiger partial charge is 0.447 e. The lowest BCUT2D eigenvalue weighted by Gasteiger charge is -2.22. The molecule has 0 aromatic rings. The number of hydrogen-bond donors (Lipinski definition) is 0. The third-order valence-corrected chi connectivity index (χ3v) is 2.80. The van der Waals surface area contributed by atoms with Crippen LogP contribution in [0, 0.1) is 5.92 Å². The van der Waals surface area contributed by atoms with Crippen LogP contribution in [0.4, 0.5) is 18.0 Å². The van der Waals surface area contributed by atoms with Crippen LogP contribution in [0.1, 0.15) is 33.1 Å². The number of nitrogens with zero attached hydrogens (tertiary/aromatic N) is 1. The van der Waals surface area contributed by atoms with E-state index < -0.39 is 24.6 Å². The molecule has 0 N–H and O–H groups in total. The second-order valence-electron chi connectivity index (χ2n) is 4.62. The molecule has 1 saturated heterocycles. The van der Waals surface area contributed by atoms with Crippen molar-refractivity contribution in [1.29, 1.82) is 0 Å². The number of carbonyl (C=O) groups is 2. The van der Waals surface area contributed by atoms with Gasteiger partial charge in [0.1, 0.15) is 6.61 Å². The molecule has 0 aromatic heterocycles. The van der Waals surface area contributed by atoms with Crippen molar-refractivity contribution in [2.24, 2.45) is 5.92 Å². The molecule has 1 fully saturated rings. The zero-order chi connectivity index (χ0) is 13.9. The number of carbonyl (C=O) groups excluding carboxylic acids is 2. The van der Waals surface area contributed by atoms with Crippen molar-refractivity contribution >= 4 is 12.0 Å². The van der Waals surface area contributed by atoms with E-state index in [1.807, 2.05) is 13.8 Å². The standard InChI is InChI=1S/C11H16F3NO3/c1-7(2)8-6-18-10(17)15(8)9(16)4-3-5-11(12,13)14/h7-8H,3-6H2,1-2H3/t8-/m1/s1. The topological polar surface area (TPSA) is 46.6 Å². The van der Waals surface area contributed by atoms with E-state index in [1.54, 1.807) is 0 Å². The maximum Gasteiger partial charge on any atom is 0.416 e. The Kier molecular flexibility index (Phi) is 4.59. The van der Waals surface area contributed by atoms with Gasteiger partial charge in [0, 0.05) is 12.8 Å². The van der Waals surface area contributed by atoms with Gasteiger partial charge in [-0.3, -0.25) is 4.79 Å². The zero-order valence-electron chi connectivity index (χ0n) is 10.3. The van der Waals surface area contributed by atoms with Gasteiger partial charge in [-0.25, -0.2) is 9.69 Å². The quantitative estimate of drug-likeness (QED) is 0.786. The monoisotopic (exact) mass is 267 g/mol. The first-order valence-electron chi connectivity index (χ1n) is 5.78. The third kappa shape index (κ3) is 3.89. The summed E-state index contributed by atoms with van der Waals surface area (Å²) in [6.45, 7) is 3.76. The second kappa shape index (κ2) is 5.58. The minimum absolute atomic E-state index is 0.0167. The molecule has 1 rings (SSSR count). The van der Waals surface area contributed by atoms with E-state index in [9.17, 15) is 22.8 Å². The summed E-state index contributed by atoms with van der Waals surface area (Å²) in [6, 6.07) is -0.379. The van der Waals surface area contributed by atoms with E-state index in [2.05, 4.69) is 0 Å². The van der Waals surface area contributed by atoms with Crippen molar-refractivity contribution in [2.75, 3.05) is 6.61 Å². The van der Waals surface area contributed by atoms with Crippen LogP contribution >= 0.6 is 0 Å². The van der Waals surface area contributed by atoms with E-state index in [0.29, 0.717) is 0 Å².